The van der Waals surface area contributed by atoms with Gasteiger partial charge >= 0.3 is 0 Å². The molecule has 0 amide bonds. The molecule has 0 bridgehead atoms. The van der Waals surface area contributed by atoms with E-state index in [4.69, 9.17) is 9.16 Å². The highest BCUT2D eigenvalue weighted by Crippen LogP contribution is 2.46. The van der Waals surface area contributed by atoms with Crippen molar-refractivity contribution < 1.29 is 14.3 Å². The number of benzene rings is 1. The molecule has 3 atom stereocenters. The Morgan fingerprint density at radius 1 is 1.21 bits per heavy atom. The highest BCUT2D eigenvalue weighted by molar-refractivity contribution is 6.74. The highest BCUT2D eigenvalue weighted by atomic mass is 28.4. The number of fused-ring (bicyclic) bond motifs is 3. The second-order valence-corrected chi connectivity index (χ2v) is 15.7. The third kappa shape index (κ3) is 4.67. The van der Waals surface area contributed by atoms with Crippen molar-refractivity contribution in [1.82, 2.24) is 4.90 Å². The molecule has 0 radical (unpaired) electrons. The monoisotopic (exact) mass is 419 g/mol. The van der Waals surface area contributed by atoms with Gasteiger partial charge in [0.05, 0.1) is 13.2 Å². The van der Waals surface area contributed by atoms with E-state index in [2.05, 4.69) is 64.7 Å². The van der Waals surface area contributed by atoms with Crippen LogP contribution in [0.4, 0.5) is 0 Å². The summed E-state index contributed by atoms with van der Waals surface area (Å²) in [7, 11) is -0.236. The van der Waals surface area contributed by atoms with Crippen molar-refractivity contribution in [1.29, 1.82) is 0 Å². The van der Waals surface area contributed by atoms with Crippen LogP contribution in [-0.4, -0.2) is 44.6 Å². The van der Waals surface area contributed by atoms with Gasteiger partial charge in [-0.2, -0.15) is 0 Å². The van der Waals surface area contributed by atoms with Crippen LogP contribution in [-0.2, 0) is 6.42 Å². The molecule has 1 saturated heterocycles. The lowest BCUT2D eigenvalue weighted by atomic mass is 9.79. The molecule has 1 aromatic carbocycles. The number of aliphatic hydroxyl groups is 1. The summed E-state index contributed by atoms with van der Waals surface area (Å²) in [6.45, 7) is 17.9. The predicted molar refractivity (Wildman–Crippen MR) is 122 cm³/mol. The van der Waals surface area contributed by atoms with Gasteiger partial charge in [0.25, 0.3) is 8.32 Å². The third-order valence-electron chi connectivity index (χ3n) is 7.32. The average molecular weight is 420 g/mol. The maximum atomic E-state index is 10.9. The van der Waals surface area contributed by atoms with Crippen LogP contribution >= 0.6 is 0 Å². The maximum absolute atomic E-state index is 10.9. The number of piperidine rings is 1. The first-order chi connectivity index (χ1) is 13.4. The second kappa shape index (κ2) is 8.24. The van der Waals surface area contributed by atoms with Gasteiger partial charge in [-0.15, -0.1) is 0 Å². The van der Waals surface area contributed by atoms with Crippen LogP contribution in [0.2, 0.25) is 18.1 Å². The van der Waals surface area contributed by atoms with E-state index in [0.29, 0.717) is 11.8 Å². The molecule has 2 heterocycles. The molecule has 3 rings (SSSR count). The molecule has 1 N–H and O–H groups in total. The summed E-state index contributed by atoms with van der Waals surface area (Å²) in [5, 5.41) is 11.0. The minimum atomic E-state index is -1.97. The van der Waals surface area contributed by atoms with Crippen LogP contribution in [0.5, 0.6) is 11.5 Å². The number of hydrogen-bond acceptors (Lipinski definition) is 4. The van der Waals surface area contributed by atoms with E-state index in [9.17, 15) is 5.11 Å². The largest absolute Gasteiger partial charge is 0.541 e. The van der Waals surface area contributed by atoms with Crippen molar-refractivity contribution in [3.8, 4) is 11.5 Å². The quantitative estimate of drug-likeness (QED) is 0.648. The fraction of sp³-hybridized carbons (Fsp3) is 0.750. The van der Waals surface area contributed by atoms with Gasteiger partial charge in [-0.1, -0.05) is 34.6 Å². The van der Waals surface area contributed by atoms with Crippen molar-refractivity contribution in [2.45, 2.75) is 84.2 Å². The van der Waals surface area contributed by atoms with Gasteiger partial charge in [-0.05, 0) is 72.5 Å². The average Bonchev–Trinajstić information content (AvgIpc) is 2.60. The van der Waals surface area contributed by atoms with Gasteiger partial charge in [-0.25, -0.2) is 0 Å². The van der Waals surface area contributed by atoms with Crippen LogP contribution in [0.25, 0.3) is 0 Å². The molecule has 1 fully saturated rings. The number of hydrogen-bond donors (Lipinski definition) is 1. The van der Waals surface area contributed by atoms with E-state index in [1.807, 2.05) is 0 Å². The fourth-order valence-corrected chi connectivity index (χ4v) is 5.62. The smallest absolute Gasteiger partial charge is 0.250 e. The van der Waals surface area contributed by atoms with Crippen LogP contribution < -0.4 is 9.16 Å². The van der Waals surface area contributed by atoms with Crippen LogP contribution in [0.3, 0.4) is 0 Å². The number of ether oxygens (including phenoxy) is 1. The fourth-order valence-electron chi connectivity index (χ4n) is 4.60. The number of aliphatic hydroxyl groups excluding tert-OH is 1. The van der Waals surface area contributed by atoms with E-state index >= 15 is 0 Å². The Morgan fingerprint density at radius 2 is 1.90 bits per heavy atom. The zero-order chi connectivity index (χ0) is 21.6. The normalized spacial score (nSPS) is 25.5. The molecular weight excluding hydrogens is 378 g/mol. The summed E-state index contributed by atoms with van der Waals surface area (Å²) < 4.78 is 12.4. The van der Waals surface area contributed by atoms with Crippen molar-refractivity contribution in [2.75, 3.05) is 20.2 Å². The van der Waals surface area contributed by atoms with Gasteiger partial charge in [0.2, 0.25) is 0 Å². The van der Waals surface area contributed by atoms with Crippen molar-refractivity contribution in [2.24, 2.45) is 11.8 Å². The number of methoxy groups -OCH3 is 1. The molecule has 1 aromatic rings. The standard InChI is InChI=1S/C24H41NO3Si/c1-16(2)11-18-15-25-10-9-17-12-22(27-6)23(28-29(7,8)24(3,4)5)13-19(17)20(25)14-21(18)26/h12-13,16,18,20-21,26H,9-11,14-15H2,1-8H3/t18?,20?,21-/m0/s1. The Morgan fingerprint density at radius 3 is 2.48 bits per heavy atom. The summed E-state index contributed by atoms with van der Waals surface area (Å²) >= 11 is 0. The second-order valence-electron chi connectivity index (χ2n) is 11.0. The highest BCUT2D eigenvalue weighted by Gasteiger charge is 2.41. The Bertz CT molecular complexity index is 726. The number of rotatable bonds is 5. The molecule has 0 aliphatic carbocycles. The molecule has 5 heteroatoms. The summed E-state index contributed by atoms with van der Waals surface area (Å²) in [6, 6.07) is 4.69. The first kappa shape index (κ1) is 22.6. The first-order valence-corrected chi connectivity index (χ1v) is 14.2. The molecule has 2 aliphatic heterocycles. The number of nitrogens with zero attached hydrogens (tertiary/aromatic N) is 1. The SMILES string of the molecule is COc1cc2c(cc1O[Si](C)(C)C(C)(C)C)C1C[C@H](O)C(CC(C)C)CN1CC2. The molecular formula is C24H41NO3Si. The topological polar surface area (TPSA) is 41.9 Å². The first-order valence-electron chi connectivity index (χ1n) is 11.2. The van der Waals surface area contributed by atoms with Crippen molar-refractivity contribution >= 4 is 8.32 Å². The molecule has 2 aliphatic rings. The maximum Gasteiger partial charge on any atom is 0.250 e. The summed E-state index contributed by atoms with van der Waals surface area (Å²) in [6.07, 6.45) is 2.72. The lowest BCUT2D eigenvalue weighted by Gasteiger charge is -2.46. The van der Waals surface area contributed by atoms with E-state index in [1.54, 1.807) is 7.11 Å². The Labute approximate surface area is 178 Å². The summed E-state index contributed by atoms with van der Waals surface area (Å²) in [4.78, 5) is 2.59. The molecule has 0 aromatic heterocycles. The van der Waals surface area contributed by atoms with E-state index < -0.39 is 8.32 Å². The molecule has 4 nitrogen and oxygen atoms in total. The minimum absolute atomic E-state index is 0.130. The minimum Gasteiger partial charge on any atom is -0.541 e. The van der Waals surface area contributed by atoms with Crippen molar-refractivity contribution in [3.05, 3.63) is 23.3 Å². The zero-order valence-corrected chi connectivity index (χ0v) is 20.7. The van der Waals surface area contributed by atoms with Crippen LogP contribution in [0.15, 0.2) is 12.1 Å². The Balaban J connectivity index is 1.91. The summed E-state index contributed by atoms with van der Waals surface area (Å²) in [5.41, 5.74) is 2.67. The van der Waals surface area contributed by atoms with Crippen LogP contribution in [0.1, 0.15) is 64.6 Å². The summed E-state index contributed by atoms with van der Waals surface area (Å²) in [5.74, 6) is 2.72. The lowest BCUT2D eigenvalue weighted by molar-refractivity contribution is -0.0191. The molecule has 164 valence electrons. The molecule has 29 heavy (non-hydrogen) atoms. The van der Waals surface area contributed by atoms with E-state index in [1.165, 1.54) is 11.1 Å². The van der Waals surface area contributed by atoms with Gasteiger partial charge in [0.1, 0.15) is 5.75 Å². The molecule has 0 spiro atoms. The van der Waals surface area contributed by atoms with Gasteiger partial charge < -0.3 is 14.3 Å². The Kier molecular flexibility index (Phi) is 6.43. The van der Waals surface area contributed by atoms with Gasteiger partial charge in [0, 0.05) is 19.1 Å². The van der Waals surface area contributed by atoms with E-state index in [0.717, 1.165) is 43.9 Å². The lowest BCUT2D eigenvalue weighted by Crippen LogP contribution is -2.48. The van der Waals surface area contributed by atoms with Gasteiger partial charge in [0.15, 0.2) is 5.75 Å². The zero-order valence-electron chi connectivity index (χ0n) is 19.7. The third-order valence-corrected chi connectivity index (χ3v) is 11.7. The Hall–Kier alpha value is -1.04. The molecule has 2 unspecified atom stereocenters. The van der Waals surface area contributed by atoms with Crippen LogP contribution in [0, 0.1) is 11.8 Å². The molecule has 0 saturated carbocycles. The predicted octanol–water partition coefficient (Wildman–Crippen LogP) is 5.41. The van der Waals surface area contributed by atoms with Gasteiger partial charge in [-0.3, -0.25) is 4.90 Å². The van der Waals surface area contributed by atoms with Crippen molar-refractivity contribution in [3.63, 3.8) is 0 Å². The van der Waals surface area contributed by atoms with E-state index in [-0.39, 0.29) is 17.2 Å².